The summed E-state index contributed by atoms with van der Waals surface area (Å²) in [6.07, 6.45) is 8.27. The number of nitrogens with one attached hydrogen (secondary N) is 2. The van der Waals surface area contributed by atoms with Gasteiger partial charge in [0, 0.05) is 37.2 Å². The lowest BCUT2D eigenvalue weighted by atomic mass is 10.1. The number of aliphatic hydroxyl groups excluding tert-OH is 1. The first-order chi connectivity index (χ1) is 15.6. The Kier molecular flexibility index (Phi) is 5.28. The van der Waals surface area contributed by atoms with Gasteiger partial charge in [0.25, 0.3) is 5.56 Å². The largest absolute Gasteiger partial charge is 0.393 e. The monoisotopic (exact) mass is 428 g/mol. The molecule has 0 atom stereocenters. The molecule has 3 N–H and O–H groups in total. The van der Waals surface area contributed by atoms with Gasteiger partial charge >= 0.3 is 0 Å². The predicted molar refractivity (Wildman–Crippen MR) is 125 cm³/mol. The molecular weight excluding hydrogens is 404 g/mol. The number of fused-ring (bicyclic) bond motifs is 1. The topological polar surface area (TPSA) is 107 Å². The van der Waals surface area contributed by atoms with Gasteiger partial charge in [0.15, 0.2) is 0 Å². The number of aromatic amines is 1. The molecule has 8 nitrogen and oxygen atoms in total. The fraction of sp³-hybridized carbons (Fsp3) is 0.250. The van der Waals surface area contributed by atoms with Crippen LogP contribution in [0.15, 0.2) is 59.9 Å². The Balaban J connectivity index is 1.51. The summed E-state index contributed by atoms with van der Waals surface area (Å²) in [5, 5.41) is 13.5. The molecule has 1 aliphatic heterocycles. The third kappa shape index (κ3) is 3.92. The number of aryl methyl sites for hydroxylation is 1. The molecule has 1 saturated heterocycles. The Morgan fingerprint density at radius 2 is 2.00 bits per heavy atom. The molecule has 4 aromatic rings. The van der Waals surface area contributed by atoms with E-state index in [0.717, 1.165) is 48.4 Å². The third-order valence-corrected chi connectivity index (χ3v) is 5.89. The lowest BCUT2D eigenvalue weighted by Gasteiger charge is -2.31. The predicted octanol–water partition coefficient (Wildman–Crippen LogP) is 3.39. The first kappa shape index (κ1) is 20.1. The van der Waals surface area contributed by atoms with Gasteiger partial charge in [-0.3, -0.25) is 9.78 Å². The van der Waals surface area contributed by atoms with Gasteiger partial charge in [-0.1, -0.05) is 0 Å². The minimum absolute atomic E-state index is 0.212. The normalized spacial score (nSPS) is 14.6. The van der Waals surface area contributed by atoms with Crippen molar-refractivity contribution in [2.75, 3.05) is 23.3 Å². The summed E-state index contributed by atoms with van der Waals surface area (Å²) in [7, 11) is 0. The van der Waals surface area contributed by atoms with Crippen molar-refractivity contribution in [2.45, 2.75) is 25.9 Å². The number of hydrogen-bond acceptors (Lipinski definition) is 7. The lowest BCUT2D eigenvalue weighted by molar-refractivity contribution is 0.145. The van der Waals surface area contributed by atoms with Crippen molar-refractivity contribution >= 4 is 28.1 Å². The second-order valence-electron chi connectivity index (χ2n) is 8.06. The van der Waals surface area contributed by atoms with Gasteiger partial charge in [0.1, 0.15) is 5.82 Å². The molecule has 0 bridgehead atoms. The maximum atomic E-state index is 12.6. The average Bonchev–Trinajstić information content (AvgIpc) is 2.80. The second kappa shape index (κ2) is 8.39. The molecule has 0 saturated carbocycles. The Bertz CT molecular complexity index is 1310. The Morgan fingerprint density at radius 3 is 2.75 bits per heavy atom. The Labute approximate surface area is 185 Å². The van der Waals surface area contributed by atoms with Gasteiger partial charge < -0.3 is 20.3 Å². The number of nitrogens with zero attached hydrogens (tertiary/aromatic N) is 4. The summed E-state index contributed by atoms with van der Waals surface area (Å²) in [6.45, 7) is 3.63. The van der Waals surface area contributed by atoms with Crippen molar-refractivity contribution in [1.29, 1.82) is 0 Å². The van der Waals surface area contributed by atoms with Crippen molar-refractivity contribution < 1.29 is 5.11 Å². The summed E-state index contributed by atoms with van der Waals surface area (Å²) >= 11 is 0. The van der Waals surface area contributed by atoms with Gasteiger partial charge in [-0.25, -0.2) is 9.97 Å². The zero-order chi connectivity index (χ0) is 22.1. The lowest BCUT2D eigenvalue weighted by Crippen LogP contribution is -2.35. The number of H-pyrrole nitrogens is 1. The van der Waals surface area contributed by atoms with Crippen LogP contribution in [0.3, 0.4) is 0 Å². The van der Waals surface area contributed by atoms with Crippen molar-refractivity contribution in [3.63, 3.8) is 0 Å². The van der Waals surface area contributed by atoms with Crippen LogP contribution in [-0.2, 0) is 0 Å². The maximum absolute atomic E-state index is 12.6. The molecule has 1 aliphatic rings. The summed E-state index contributed by atoms with van der Waals surface area (Å²) in [5.41, 5.74) is 4.74. The van der Waals surface area contributed by atoms with Crippen LogP contribution < -0.4 is 15.8 Å². The second-order valence-corrected chi connectivity index (χ2v) is 8.06. The molecule has 32 heavy (non-hydrogen) atoms. The maximum Gasteiger partial charge on any atom is 0.259 e. The van der Waals surface area contributed by atoms with Crippen LogP contribution in [0.1, 0.15) is 18.4 Å². The summed E-state index contributed by atoms with van der Waals surface area (Å²) in [5.74, 6) is 0.635. The van der Waals surface area contributed by atoms with Gasteiger partial charge in [-0.2, -0.15) is 0 Å². The fourth-order valence-corrected chi connectivity index (χ4v) is 4.07. The summed E-state index contributed by atoms with van der Waals surface area (Å²) in [4.78, 5) is 31.0. The molecular formula is C24H24N6O2. The number of pyridine rings is 4. The van der Waals surface area contributed by atoms with Crippen LogP contribution >= 0.6 is 0 Å². The minimum Gasteiger partial charge on any atom is -0.393 e. The number of aromatic nitrogens is 4. The van der Waals surface area contributed by atoms with Crippen molar-refractivity contribution in [3.05, 3.63) is 71.0 Å². The number of rotatable bonds is 4. The molecule has 5 heterocycles. The van der Waals surface area contributed by atoms with Crippen LogP contribution in [0, 0.1) is 6.92 Å². The summed E-state index contributed by atoms with van der Waals surface area (Å²) in [6, 6.07) is 9.50. The highest BCUT2D eigenvalue weighted by Gasteiger charge is 2.18. The third-order valence-electron chi connectivity index (χ3n) is 5.89. The SMILES string of the molecule is Cc1ccncc1-c1cc(Nc2ccc(N3CCC(O)CC3)cn2)c2c(=O)[nH]ccc2n1. The molecule has 5 rings (SSSR count). The van der Waals surface area contributed by atoms with Crippen LogP contribution in [0.25, 0.3) is 22.2 Å². The average molecular weight is 428 g/mol. The van der Waals surface area contributed by atoms with E-state index in [1.165, 1.54) is 0 Å². The van der Waals surface area contributed by atoms with E-state index in [-0.39, 0.29) is 11.7 Å². The van der Waals surface area contributed by atoms with Gasteiger partial charge in [-0.15, -0.1) is 0 Å². The van der Waals surface area contributed by atoms with E-state index >= 15 is 0 Å². The van der Waals surface area contributed by atoms with Crippen molar-refractivity contribution in [1.82, 2.24) is 19.9 Å². The van der Waals surface area contributed by atoms with E-state index in [2.05, 4.69) is 25.2 Å². The Hall–Kier alpha value is -3.78. The number of hydrogen-bond donors (Lipinski definition) is 3. The molecule has 0 aromatic carbocycles. The van der Waals surface area contributed by atoms with E-state index in [9.17, 15) is 9.90 Å². The Morgan fingerprint density at radius 1 is 1.16 bits per heavy atom. The highest BCUT2D eigenvalue weighted by molar-refractivity contribution is 5.94. The fourth-order valence-electron chi connectivity index (χ4n) is 4.07. The molecule has 4 aromatic heterocycles. The quantitative estimate of drug-likeness (QED) is 0.457. The zero-order valence-electron chi connectivity index (χ0n) is 17.7. The summed E-state index contributed by atoms with van der Waals surface area (Å²) < 4.78 is 0. The van der Waals surface area contributed by atoms with Gasteiger partial charge in [-0.05, 0) is 55.7 Å². The van der Waals surface area contributed by atoms with Gasteiger partial charge in [0.05, 0.1) is 40.3 Å². The molecule has 1 fully saturated rings. The smallest absolute Gasteiger partial charge is 0.259 e. The van der Waals surface area contributed by atoms with E-state index in [1.54, 1.807) is 24.7 Å². The van der Waals surface area contributed by atoms with Gasteiger partial charge in [0.2, 0.25) is 0 Å². The number of anilines is 3. The first-order valence-corrected chi connectivity index (χ1v) is 10.7. The number of aliphatic hydroxyl groups is 1. The minimum atomic E-state index is -0.213. The van der Waals surface area contributed by atoms with E-state index < -0.39 is 0 Å². The van der Waals surface area contributed by atoms with E-state index in [0.29, 0.717) is 22.4 Å². The van der Waals surface area contributed by atoms with Crippen molar-refractivity contribution in [2.24, 2.45) is 0 Å². The molecule has 0 aliphatic carbocycles. The van der Waals surface area contributed by atoms with Crippen molar-refractivity contribution in [3.8, 4) is 11.3 Å². The standard InChI is InChI=1S/C24H24N6O2/c1-15-4-8-25-14-18(15)20-12-21(23-19(28-20)5-9-26-24(23)32)29-22-3-2-16(13-27-22)30-10-6-17(31)7-11-30/h2-5,8-9,12-14,17,31H,6-7,10-11H2,1H3,(H,26,32)(H,27,28,29). The van der Waals surface area contributed by atoms with E-state index in [4.69, 9.17) is 4.98 Å². The molecule has 8 heteroatoms. The molecule has 0 amide bonds. The molecule has 0 spiro atoms. The number of piperidine rings is 1. The highest BCUT2D eigenvalue weighted by atomic mass is 16.3. The van der Waals surface area contributed by atoms with E-state index in [1.807, 2.05) is 37.4 Å². The highest BCUT2D eigenvalue weighted by Crippen LogP contribution is 2.30. The zero-order valence-corrected chi connectivity index (χ0v) is 17.7. The van der Waals surface area contributed by atoms with Crippen LogP contribution in [0.4, 0.5) is 17.2 Å². The molecule has 0 radical (unpaired) electrons. The van der Waals surface area contributed by atoms with Crippen LogP contribution in [0.2, 0.25) is 0 Å². The van der Waals surface area contributed by atoms with Crippen LogP contribution in [0.5, 0.6) is 0 Å². The molecule has 0 unspecified atom stereocenters. The van der Waals surface area contributed by atoms with Crippen LogP contribution in [-0.4, -0.2) is 44.2 Å². The molecule has 162 valence electrons. The first-order valence-electron chi connectivity index (χ1n) is 10.7.